The summed E-state index contributed by atoms with van der Waals surface area (Å²) in [5.41, 5.74) is 7.41. The molecule has 1 fully saturated rings. The number of rotatable bonds is 6. The third kappa shape index (κ3) is 4.51. The van der Waals surface area contributed by atoms with Crippen LogP contribution in [0.15, 0.2) is 114 Å². The number of carboxylic acids is 1. The van der Waals surface area contributed by atoms with Gasteiger partial charge in [-0.05, 0) is 84.0 Å². The second kappa shape index (κ2) is 10.2. The quantitative estimate of drug-likeness (QED) is 0.270. The second-order valence-corrected chi connectivity index (χ2v) is 10.9. The van der Waals surface area contributed by atoms with E-state index in [0.29, 0.717) is 17.6 Å². The first-order valence-electron chi connectivity index (χ1n) is 14.1. The molecular formula is C35H29N3O3. The van der Waals surface area contributed by atoms with Gasteiger partial charge in [-0.1, -0.05) is 73.2 Å². The molecule has 1 N–H and O–H groups in total. The maximum Gasteiger partial charge on any atom is 0.357 e. The Balaban J connectivity index is 1.20. The van der Waals surface area contributed by atoms with Gasteiger partial charge in [-0.25, -0.2) is 4.79 Å². The summed E-state index contributed by atoms with van der Waals surface area (Å²) in [7, 11) is 0. The van der Waals surface area contributed by atoms with E-state index < -0.39 is 11.9 Å². The van der Waals surface area contributed by atoms with E-state index in [0.717, 1.165) is 24.8 Å². The summed E-state index contributed by atoms with van der Waals surface area (Å²) in [6, 6.07) is 34.9. The van der Waals surface area contributed by atoms with Crippen LogP contribution in [0.3, 0.4) is 0 Å². The average Bonchev–Trinajstić information content (AvgIpc) is 3.68. The maximum atomic E-state index is 13.3. The number of carboxylic acid groups (broad SMARTS) is 1. The predicted molar refractivity (Wildman–Crippen MR) is 162 cm³/mol. The Morgan fingerprint density at radius 1 is 0.854 bits per heavy atom. The van der Waals surface area contributed by atoms with E-state index in [1.807, 2.05) is 18.2 Å². The van der Waals surface area contributed by atoms with E-state index in [2.05, 4.69) is 70.7 Å². The fourth-order valence-electron chi connectivity index (χ4n) is 6.52. The minimum atomic E-state index is -1.22. The molecule has 2 unspecified atom stereocenters. The van der Waals surface area contributed by atoms with Crippen molar-refractivity contribution in [2.45, 2.75) is 37.6 Å². The van der Waals surface area contributed by atoms with E-state index in [9.17, 15) is 14.7 Å². The van der Waals surface area contributed by atoms with Gasteiger partial charge in [0.15, 0.2) is 5.71 Å². The van der Waals surface area contributed by atoms with Crippen LogP contribution < -0.4 is 9.91 Å². The Kier molecular flexibility index (Phi) is 6.23. The van der Waals surface area contributed by atoms with Crippen LogP contribution in [0.2, 0.25) is 0 Å². The Morgan fingerprint density at radius 3 is 2.29 bits per heavy atom. The van der Waals surface area contributed by atoms with Gasteiger partial charge in [-0.15, -0.1) is 0 Å². The van der Waals surface area contributed by atoms with Crippen LogP contribution >= 0.6 is 0 Å². The standard InChI is InChI=1S/C35H29N3O3/c39-34-30(33(35(40)41)36-38(34)27-10-5-2-6-11-27)22-25-16-19-32-29(21-25)28-12-7-13-31(28)37(32)26-17-14-24(15-18-26)20-23-8-3-1-4-9-23/h1-6,8-11,14-19,21-22,28,31H,7,12-13,20H2,(H,40,41)/b30-22-. The molecule has 4 aromatic carbocycles. The lowest BCUT2D eigenvalue weighted by molar-refractivity contribution is -0.129. The van der Waals surface area contributed by atoms with Crippen molar-refractivity contribution < 1.29 is 14.7 Å². The molecule has 4 aromatic rings. The van der Waals surface area contributed by atoms with Crippen molar-refractivity contribution in [1.29, 1.82) is 0 Å². The molecule has 6 nitrogen and oxygen atoms in total. The first-order valence-corrected chi connectivity index (χ1v) is 14.1. The SMILES string of the molecule is O=C(O)C1=NN(c2ccccc2)C(=O)/C1=C\c1ccc2c(c1)C1CCCC1N2c1ccc(Cc2ccccc2)cc1. The number of carbonyl (C=O) groups excluding carboxylic acids is 1. The first-order chi connectivity index (χ1) is 20.1. The molecule has 2 aliphatic heterocycles. The minimum absolute atomic E-state index is 0.0909. The van der Waals surface area contributed by atoms with Gasteiger partial charge in [0.05, 0.1) is 11.3 Å². The number of hydrazone groups is 1. The van der Waals surface area contributed by atoms with Crippen LogP contribution in [0.25, 0.3) is 6.08 Å². The molecule has 1 amide bonds. The molecule has 7 rings (SSSR count). The molecule has 202 valence electrons. The van der Waals surface area contributed by atoms with Gasteiger partial charge in [0.25, 0.3) is 5.91 Å². The van der Waals surface area contributed by atoms with Crippen LogP contribution in [0.4, 0.5) is 17.1 Å². The van der Waals surface area contributed by atoms with Crippen LogP contribution in [-0.4, -0.2) is 28.7 Å². The highest BCUT2D eigenvalue weighted by Crippen LogP contribution is 2.52. The van der Waals surface area contributed by atoms with Crippen molar-refractivity contribution in [3.8, 4) is 0 Å². The number of nitrogens with zero attached hydrogens (tertiary/aromatic N) is 3. The monoisotopic (exact) mass is 539 g/mol. The fourth-order valence-corrected chi connectivity index (χ4v) is 6.52. The molecule has 2 heterocycles. The van der Waals surface area contributed by atoms with E-state index in [4.69, 9.17) is 0 Å². The van der Waals surface area contributed by atoms with Crippen LogP contribution in [0.1, 0.15) is 47.4 Å². The van der Waals surface area contributed by atoms with Crippen LogP contribution in [0.5, 0.6) is 0 Å². The van der Waals surface area contributed by atoms with Crippen LogP contribution in [-0.2, 0) is 16.0 Å². The van der Waals surface area contributed by atoms with E-state index in [1.54, 1.807) is 30.3 Å². The van der Waals surface area contributed by atoms with E-state index >= 15 is 0 Å². The number of amides is 1. The number of fused-ring (bicyclic) bond motifs is 3. The molecule has 0 saturated heterocycles. The highest BCUT2D eigenvalue weighted by molar-refractivity contribution is 6.53. The van der Waals surface area contributed by atoms with Crippen molar-refractivity contribution in [2.75, 3.05) is 9.91 Å². The lowest BCUT2D eigenvalue weighted by Crippen LogP contribution is -2.26. The van der Waals surface area contributed by atoms with Gasteiger partial charge in [0.1, 0.15) is 0 Å². The summed E-state index contributed by atoms with van der Waals surface area (Å²) in [4.78, 5) is 27.8. The third-order valence-corrected chi connectivity index (χ3v) is 8.38. The molecule has 2 atom stereocenters. The molecule has 0 radical (unpaired) electrons. The lowest BCUT2D eigenvalue weighted by atomic mass is 9.95. The smallest absolute Gasteiger partial charge is 0.357 e. The number of carbonyl (C=O) groups is 2. The Hall–Kier alpha value is -4.97. The van der Waals surface area contributed by atoms with Crippen molar-refractivity contribution >= 4 is 40.7 Å². The summed E-state index contributed by atoms with van der Waals surface area (Å²) < 4.78 is 0. The number of hydrogen-bond acceptors (Lipinski definition) is 4. The van der Waals surface area contributed by atoms with Crippen LogP contribution in [0, 0.1) is 0 Å². The van der Waals surface area contributed by atoms with Gasteiger partial charge in [0, 0.05) is 23.3 Å². The van der Waals surface area contributed by atoms with Gasteiger partial charge in [0.2, 0.25) is 0 Å². The lowest BCUT2D eigenvalue weighted by Gasteiger charge is -2.27. The molecule has 1 aliphatic carbocycles. The first kappa shape index (κ1) is 25.0. The van der Waals surface area contributed by atoms with Gasteiger partial charge in [-0.2, -0.15) is 10.1 Å². The highest BCUT2D eigenvalue weighted by atomic mass is 16.4. The Labute approximate surface area is 238 Å². The van der Waals surface area contributed by atoms with Crippen molar-refractivity contribution in [1.82, 2.24) is 0 Å². The summed E-state index contributed by atoms with van der Waals surface area (Å²) in [5.74, 6) is -1.26. The zero-order valence-electron chi connectivity index (χ0n) is 22.5. The Morgan fingerprint density at radius 2 is 1.56 bits per heavy atom. The largest absolute Gasteiger partial charge is 0.476 e. The molecular weight excluding hydrogens is 510 g/mol. The zero-order valence-corrected chi connectivity index (χ0v) is 22.5. The number of anilines is 3. The van der Waals surface area contributed by atoms with Crippen molar-refractivity contribution in [3.63, 3.8) is 0 Å². The molecule has 41 heavy (non-hydrogen) atoms. The maximum absolute atomic E-state index is 13.3. The fraction of sp³-hybridized carbons (Fsp3) is 0.171. The molecule has 1 saturated carbocycles. The number of hydrogen-bond donors (Lipinski definition) is 1. The normalized spacial score (nSPS) is 20.3. The van der Waals surface area contributed by atoms with Crippen molar-refractivity contribution in [2.24, 2.45) is 5.10 Å². The average molecular weight is 540 g/mol. The molecule has 0 bridgehead atoms. The summed E-state index contributed by atoms with van der Waals surface area (Å²) in [6.07, 6.45) is 5.99. The van der Waals surface area contributed by atoms with Crippen molar-refractivity contribution in [3.05, 3.63) is 131 Å². The number of aliphatic carboxylic acids is 1. The number of benzene rings is 4. The molecule has 0 spiro atoms. The topological polar surface area (TPSA) is 73.2 Å². The summed E-state index contributed by atoms with van der Waals surface area (Å²) >= 11 is 0. The van der Waals surface area contributed by atoms with Gasteiger partial charge in [-0.3, -0.25) is 4.79 Å². The summed E-state index contributed by atoms with van der Waals surface area (Å²) in [6.45, 7) is 0. The van der Waals surface area contributed by atoms with Gasteiger partial charge >= 0.3 is 5.97 Å². The predicted octanol–water partition coefficient (Wildman–Crippen LogP) is 6.94. The van der Waals surface area contributed by atoms with E-state index in [1.165, 1.54) is 39.5 Å². The Bertz CT molecular complexity index is 1690. The second-order valence-electron chi connectivity index (χ2n) is 10.9. The zero-order chi connectivity index (χ0) is 27.9. The minimum Gasteiger partial charge on any atom is -0.476 e. The number of para-hydroxylation sites is 1. The van der Waals surface area contributed by atoms with E-state index in [-0.39, 0.29) is 11.3 Å². The molecule has 3 aliphatic rings. The van der Waals surface area contributed by atoms with Gasteiger partial charge < -0.3 is 10.0 Å². The third-order valence-electron chi connectivity index (χ3n) is 8.38. The molecule has 0 aromatic heterocycles. The highest BCUT2D eigenvalue weighted by Gasteiger charge is 2.42. The summed E-state index contributed by atoms with van der Waals surface area (Å²) in [5, 5.41) is 15.1. The molecule has 6 heteroatoms.